The first kappa shape index (κ1) is 21.8. The number of pyridine rings is 1. The molecule has 0 fully saturated rings. The minimum Gasteiger partial charge on any atom is -0.379 e. The molecule has 0 saturated carbocycles. The van der Waals surface area contributed by atoms with Gasteiger partial charge in [0.25, 0.3) is 0 Å². The van der Waals surface area contributed by atoms with E-state index >= 15 is 0 Å². The summed E-state index contributed by atoms with van der Waals surface area (Å²) in [6, 6.07) is 9.10. The lowest BCUT2D eigenvalue weighted by atomic mass is 9.84. The Bertz CT molecular complexity index is 1250. The van der Waals surface area contributed by atoms with Gasteiger partial charge in [-0.25, -0.2) is 8.78 Å². The molecule has 3 aromatic heterocycles. The van der Waals surface area contributed by atoms with Crippen LogP contribution in [0.5, 0.6) is 0 Å². The van der Waals surface area contributed by atoms with Gasteiger partial charge in [-0.1, -0.05) is 6.07 Å². The predicted molar refractivity (Wildman–Crippen MR) is 120 cm³/mol. The number of hydrogen-bond donors (Lipinski definition) is 2. The van der Waals surface area contributed by atoms with Gasteiger partial charge in [-0.2, -0.15) is 9.78 Å². The Morgan fingerprint density at radius 2 is 2.03 bits per heavy atom. The highest BCUT2D eigenvalue weighted by atomic mass is 32.1. The number of nitrogens with one attached hydrogen (secondary N) is 1. The molecule has 0 saturated heterocycles. The average Bonchev–Trinajstić information content (AvgIpc) is 3.48. The molecule has 0 aliphatic carbocycles. The molecule has 0 spiro atoms. The Labute approximate surface area is 194 Å². The van der Waals surface area contributed by atoms with Crippen molar-refractivity contribution in [3.8, 4) is 10.4 Å². The second kappa shape index (κ2) is 8.74. The zero-order valence-electron chi connectivity index (χ0n) is 18.1. The number of hydrogen-bond acceptors (Lipinski definition) is 5. The molecular weight excluding hydrogens is 444 g/mol. The summed E-state index contributed by atoms with van der Waals surface area (Å²) in [6.45, 7) is 3.30. The van der Waals surface area contributed by atoms with Crippen molar-refractivity contribution in [3.05, 3.63) is 89.1 Å². The third-order valence-corrected chi connectivity index (χ3v) is 7.64. The third-order valence-electron chi connectivity index (χ3n) is 6.43. The van der Waals surface area contributed by atoms with Gasteiger partial charge in [0, 0.05) is 52.9 Å². The first-order chi connectivity index (χ1) is 15.9. The van der Waals surface area contributed by atoms with Gasteiger partial charge in [-0.3, -0.25) is 9.88 Å². The molecule has 1 aromatic carbocycles. The number of aromatic amines is 1. The van der Waals surface area contributed by atoms with E-state index in [9.17, 15) is 13.9 Å². The quantitative estimate of drug-likeness (QED) is 0.426. The van der Waals surface area contributed by atoms with E-state index < -0.39 is 23.3 Å². The van der Waals surface area contributed by atoms with E-state index in [-0.39, 0.29) is 12.1 Å². The van der Waals surface area contributed by atoms with Crippen LogP contribution in [0.1, 0.15) is 22.9 Å². The predicted octanol–water partition coefficient (Wildman–Crippen LogP) is 3.43. The van der Waals surface area contributed by atoms with Crippen molar-refractivity contribution in [2.45, 2.75) is 38.1 Å². The molecule has 0 bridgehead atoms. The van der Waals surface area contributed by atoms with Crippen LogP contribution in [0.3, 0.4) is 0 Å². The molecule has 1 aliphatic heterocycles. The van der Waals surface area contributed by atoms with Crippen LogP contribution < -0.4 is 4.68 Å². The highest BCUT2D eigenvalue weighted by Crippen LogP contribution is 2.38. The van der Waals surface area contributed by atoms with Crippen LogP contribution in [0, 0.1) is 11.6 Å². The molecule has 2 N–H and O–H groups in total. The minimum absolute atomic E-state index is 0.0484. The van der Waals surface area contributed by atoms with Gasteiger partial charge in [-0.15, -0.1) is 11.3 Å². The van der Waals surface area contributed by atoms with Crippen molar-refractivity contribution in [2.75, 3.05) is 6.54 Å². The van der Waals surface area contributed by atoms with Crippen LogP contribution in [0.2, 0.25) is 0 Å². The summed E-state index contributed by atoms with van der Waals surface area (Å²) in [7, 11) is 0. The number of benzene rings is 1. The lowest BCUT2D eigenvalue weighted by Gasteiger charge is -2.41. The first-order valence-electron chi connectivity index (χ1n) is 10.8. The number of halogens is 2. The van der Waals surface area contributed by atoms with Gasteiger partial charge in [0.15, 0.2) is 0 Å². The smallest absolute Gasteiger partial charge is 0.306 e. The standard InChI is InChI=1S/C24H23F2N5OS/c1-16(24(32,13-31-15-28-14-29-31)20-3-2-19(25)11-21(20)26)30-9-6-18-10-22(33-23(18)12-30)17-4-7-27-8-5-17/h2-5,7-8,10-11,14-16,32H,6,9,12-13H2,1H3/p+1/t16-,24-/m1/s1. The van der Waals surface area contributed by atoms with Crippen LogP contribution >= 0.6 is 11.3 Å². The Morgan fingerprint density at radius 3 is 2.76 bits per heavy atom. The van der Waals surface area contributed by atoms with Crippen LogP contribution in [-0.4, -0.2) is 37.7 Å². The van der Waals surface area contributed by atoms with E-state index in [0.29, 0.717) is 6.54 Å². The van der Waals surface area contributed by atoms with Crippen LogP contribution in [0.4, 0.5) is 8.78 Å². The topological polar surface area (TPSA) is 68.9 Å². The van der Waals surface area contributed by atoms with Crippen molar-refractivity contribution in [1.29, 1.82) is 0 Å². The van der Waals surface area contributed by atoms with Crippen molar-refractivity contribution in [3.63, 3.8) is 0 Å². The SMILES string of the molecule is C[C@@H](N1CCc2cc(-c3ccncc3)sc2C1)[C@](O)(C[n+]1cnc[nH]1)c1ccc(F)cc1F. The Kier molecular flexibility index (Phi) is 5.77. The van der Waals surface area contributed by atoms with E-state index in [2.05, 4.69) is 26.0 Å². The van der Waals surface area contributed by atoms with Crippen LogP contribution in [-0.2, 0) is 25.1 Å². The van der Waals surface area contributed by atoms with E-state index in [0.717, 1.165) is 24.6 Å². The molecule has 1 aliphatic rings. The first-order valence-corrected chi connectivity index (χ1v) is 11.6. The second-order valence-electron chi connectivity index (χ2n) is 8.39. The fourth-order valence-corrected chi connectivity index (χ4v) is 5.76. The Balaban J connectivity index is 1.46. The summed E-state index contributed by atoms with van der Waals surface area (Å²) >= 11 is 1.73. The fraction of sp³-hybridized carbons (Fsp3) is 0.292. The van der Waals surface area contributed by atoms with Gasteiger partial charge < -0.3 is 5.11 Å². The Hall–Kier alpha value is -3.01. The highest BCUT2D eigenvalue weighted by Gasteiger charge is 2.44. The summed E-state index contributed by atoms with van der Waals surface area (Å²) in [5, 5.41) is 14.8. The normalized spacial score (nSPS) is 16.8. The number of thiophene rings is 1. The molecule has 33 heavy (non-hydrogen) atoms. The average molecular weight is 469 g/mol. The number of aromatic nitrogens is 4. The van der Waals surface area contributed by atoms with Crippen LogP contribution in [0.25, 0.3) is 10.4 Å². The number of rotatable bonds is 6. The van der Waals surface area contributed by atoms with Gasteiger partial charge in [0.05, 0.1) is 0 Å². The molecule has 0 radical (unpaired) electrons. The van der Waals surface area contributed by atoms with Crippen molar-refractivity contribution in [1.82, 2.24) is 20.0 Å². The largest absolute Gasteiger partial charge is 0.379 e. The number of nitrogens with zero attached hydrogens (tertiary/aromatic N) is 4. The van der Waals surface area contributed by atoms with Gasteiger partial charge >= 0.3 is 6.33 Å². The van der Waals surface area contributed by atoms with Gasteiger partial charge in [0.1, 0.15) is 23.8 Å². The summed E-state index contributed by atoms with van der Waals surface area (Å²) in [6.07, 6.45) is 7.43. The summed E-state index contributed by atoms with van der Waals surface area (Å²) in [5.41, 5.74) is 0.879. The zero-order chi connectivity index (χ0) is 23.0. The number of fused-ring (bicyclic) bond motifs is 1. The zero-order valence-corrected chi connectivity index (χ0v) is 18.9. The molecular formula is C24H24F2N5OS+. The molecule has 0 amide bonds. The van der Waals surface area contributed by atoms with E-state index in [1.165, 1.54) is 40.1 Å². The molecule has 170 valence electrons. The maximum Gasteiger partial charge on any atom is 0.306 e. The maximum absolute atomic E-state index is 14.9. The Morgan fingerprint density at radius 1 is 1.21 bits per heavy atom. The van der Waals surface area contributed by atoms with Crippen LogP contribution in [0.15, 0.2) is 61.4 Å². The molecule has 4 heterocycles. The maximum atomic E-state index is 14.9. The van der Waals surface area contributed by atoms with Crippen molar-refractivity contribution in [2.24, 2.45) is 0 Å². The van der Waals surface area contributed by atoms with E-state index in [1.54, 1.807) is 28.4 Å². The highest BCUT2D eigenvalue weighted by molar-refractivity contribution is 7.15. The molecule has 0 unspecified atom stereocenters. The van der Waals surface area contributed by atoms with Gasteiger partial charge in [-0.05, 0) is 53.7 Å². The second-order valence-corrected chi connectivity index (χ2v) is 9.53. The summed E-state index contributed by atoms with van der Waals surface area (Å²) < 4.78 is 30.1. The molecule has 6 nitrogen and oxygen atoms in total. The third kappa shape index (κ3) is 4.19. The van der Waals surface area contributed by atoms with E-state index in [1.807, 2.05) is 19.1 Å². The van der Waals surface area contributed by atoms with Crippen molar-refractivity contribution >= 4 is 11.3 Å². The fourth-order valence-electron chi connectivity index (χ4n) is 4.51. The molecule has 4 aromatic rings. The number of H-pyrrole nitrogens is 1. The molecule has 9 heteroatoms. The van der Waals surface area contributed by atoms with E-state index in [4.69, 9.17) is 0 Å². The lowest BCUT2D eigenvalue weighted by molar-refractivity contribution is -0.765. The molecule has 5 rings (SSSR count). The summed E-state index contributed by atoms with van der Waals surface area (Å²) in [4.78, 5) is 12.7. The van der Waals surface area contributed by atoms with Crippen molar-refractivity contribution < 1.29 is 18.6 Å². The summed E-state index contributed by atoms with van der Waals surface area (Å²) in [5.74, 6) is -1.44. The minimum atomic E-state index is -1.61. The lowest BCUT2D eigenvalue weighted by Crippen LogP contribution is -2.58. The van der Waals surface area contributed by atoms with Gasteiger partial charge in [0.2, 0.25) is 6.33 Å². The molecule has 2 atom stereocenters. The number of aliphatic hydroxyl groups is 1. The monoisotopic (exact) mass is 468 g/mol.